The maximum Gasteiger partial charge on any atom is 0.220 e. The monoisotopic (exact) mass is 302 g/mol. The first-order valence-electron chi connectivity index (χ1n) is 6.81. The molecule has 0 aliphatic heterocycles. The molecule has 0 saturated carbocycles. The van der Waals surface area contributed by atoms with Crippen molar-refractivity contribution in [1.29, 1.82) is 0 Å². The van der Waals surface area contributed by atoms with Crippen LogP contribution in [0.2, 0.25) is 4.34 Å². The molecule has 0 spiro atoms. The molecule has 0 saturated heterocycles. The highest BCUT2D eigenvalue weighted by molar-refractivity contribution is 7.16. The number of nitrogens with two attached hydrogens (primary N) is 1. The fraction of sp³-hybridized carbons (Fsp3) is 0.643. The summed E-state index contributed by atoms with van der Waals surface area (Å²) in [6, 6.07) is 3.85. The van der Waals surface area contributed by atoms with E-state index in [-0.39, 0.29) is 11.9 Å². The summed E-state index contributed by atoms with van der Waals surface area (Å²) in [5.41, 5.74) is 5.56. The number of nitrogens with one attached hydrogen (secondary N) is 1. The van der Waals surface area contributed by atoms with Crippen LogP contribution < -0.4 is 11.1 Å². The molecule has 0 aromatic carbocycles. The normalized spacial score (nSPS) is 14.1. The van der Waals surface area contributed by atoms with Gasteiger partial charge in [-0.3, -0.25) is 4.79 Å². The smallest absolute Gasteiger partial charge is 0.220 e. The standard InChI is InChI=1S/C14H23ClN2OS/c1-3-11(8-9-16)4-7-14(18)17-10(2)12-5-6-13(15)19-12/h5-6,10-11H,3-4,7-9,16H2,1-2H3,(H,17,18). The minimum absolute atomic E-state index is 0.0274. The van der Waals surface area contributed by atoms with Crippen LogP contribution in [0, 0.1) is 5.92 Å². The Bertz CT molecular complexity index is 395. The third-order valence-corrected chi connectivity index (χ3v) is 4.74. The van der Waals surface area contributed by atoms with Gasteiger partial charge in [-0.15, -0.1) is 11.3 Å². The van der Waals surface area contributed by atoms with Crippen molar-refractivity contribution in [3.63, 3.8) is 0 Å². The predicted molar refractivity (Wildman–Crippen MR) is 82.6 cm³/mol. The van der Waals surface area contributed by atoms with Crippen LogP contribution in [-0.2, 0) is 4.79 Å². The first-order chi connectivity index (χ1) is 9.06. The third-order valence-electron chi connectivity index (χ3n) is 3.33. The Morgan fingerprint density at radius 1 is 1.47 bits per heavy atom. The molecule has 1 aromatic heterocycles. The Morgan fingerprint density at radius 2 is 2.21 bits per heavy atom. The molecule has 0 aliphatic carbocycles. The van der Waals surface area contributed by atoms with Gasteiger partial charge in [-0.1, -0.05) is 24.9 Å². The lowest BCUT2D eigenvalue weighted by Crippen LogP contribution is -2.26. The maximum absolute atomic E-state index is 11.9. The van der Waals surface area contributed by atoms with E-state index in [9.17, 15) is 4.79 Å². The van der Waals surface area contributed by atoms with Crippen molar-refractivity contribution in [2.24, 2.45) is 11.7 Å². The van der Waals surface area contributed by atoms with Gasteiger partial charge >= 0.3 is 0 Å². The van der Waals surface area contributed by atoms with Gasteiger partial charge in [0, 0.05) is 11.3 Å². The van der Waals surface area contributed by atoms with Gasteiger partial charge in [0.2, 0.25) is 5.91 Å². The van der Waals surface area contributed by atoms with E-state index in [0.29, 0.717) is 18.9 Å². The SMILES string of the molecule is CCC(CCN)CCC(=O)NC(C)c1ccc(Cl)s1. The van der Waals surface area contributed by atoms with Crippen LogP contribution in [0.1, 0.15) is 50.4 Å². The zero-order chi connectivity index (χ0) is 14.3. The molecule has 5 heteroatoms. The van der Waals surface area contributed by atoms with Gasteiger partial charge in [-0.05, 0) is 44.4 Å². The Morgan fingerprint density at radius 3 is 2.74 bits per heavy atom. The topological polar surface area (TPSA) is 55.1 Å². The van der Waals surface area contributed by atoms with Gasteiger partial charge in [0.1, 0.15) is 0 Å². The highest BCUT2D eigenvalue weighted by atomic mass is 35.5. The van der Waals surface area contributed by atoms with Crippen LogP contribution in [-0.4, -0.2) is 12.5 Å². The molecule has 0 fully saturated rings. The van der Waals surface area contributed by atoms with Crippen molar-refractivity contribution in [3.05, 3.63) is 21.3 Å². The molecule has 0 radical (unpaired) electrons. The summed E-state index contributed by atoms with van der Waals surface area (Å²) in [7, 11) is 0. The van der Waals surface area contributed by atoms with E-state index >= 15 is 0 Å². The second kappa shape index (κ2) is 8.56. The Balaban J connectivity index is 2.34. The summed E-state index contributed by atoms with van der Waals surface area (Å²) in [6.07, 6.45) is 3.57. The molecule has 1 amide bonds. The second-order valence-corrected chi connectivity index (χ2v) is 6.57. The zero-order valence-electron chi connectivity index (χ0n) is 11.6. The Kier molecular flexibility index (Phi) is 7.42. The van der Waals surface area contributed by atoms with Crippen LogP contribution >= 0.6 is 22.9 Å². The summed E-state index contributed by atoms with van der Waals surface area (Å²) in [4.78, 5) is 13.0. The first kappa shape index (κ1) is 16.5. The van der Waals surface area contributed by atoms with Crippen LogP contribution in [0.15, 0.2) is 12.1 Å². The van der Waals surface area contributed by atoms with Crippen molar-refractivity contribution in [1.82, 2.24) is 5.32 Å². The van der Waals surface area contributed by atoms with Crippen molar-refractivity contribution < 1.29 is 4.79 Å². The third kappa shape index (κ3) is 5.93. The molecule has 1 rings (SSSR count). The van der Waals surface area contributed by atoms with Gasteiger partial charge in [0.15, 0.2) is 0 Å². The number of hydrogen-bond acceptors (Lipinski definition) is 3. The van der Waals surface area contributed by atoms with Gasteiger partial charge in [0.25, 0.3) is 0 Å². The number of halogens is 1. The Labute approximate surface area is 124 Å². The van der Waals surface area contributed by atoms with E-state index in [1.807, 2.05) is 19.1 Å². The average molecular weight is 303 g/mol. The Hall–Kier alpha value is -0.580. The number of rotatable bonds is 8. The second-order valence-electron chi connectivity index (χ2n) is 4.82. The van der Waals surface area contributed by atoms with Gasteiger partial charge < -0.3 is 11.1 Å². The van der Waals surface area contributed by atoms with E-state index in [1.165, 1.54) is 11.3 Å². The van der Waals surface area contributed by atoms with E-state index in [4.69, 9.17) is 17.3 Å². The molecule has 2 atom stereocenters. The molecule has 1 aromatic rings. The number of carbonyl (C=O) groups excluding carboxylic acids is 1. The molecular formula is C14H23ClN2OS. The van der Waals surface area contributed by atoms with Crippen LogP contribution in [0.25, 0.3) is 0 Å². The maximum atomic E-state index is 11.9. The fourth-order valence-electron chi connectivity index (χ4n) is 2.07. The van der Waals surface area contributed by atoms with Crippen molar-refractivity contribution in [3.8, 4) is 0 Å². The molecule has 1 heterocycles. The van der Waals surface area contributed by atoms with Crippen LogP contribution in [0.3, 0.4) is 0 Å². The van der Waals surface area contributed by atoms with Crippen molar-refractivity contribution in [2.45, 2.75) is 45.6 Å². The lowest BCUT2D eigenvalue weighted by atomic mass is 9.96. The number of carbonyl (C=O) groups is 1. The summed E-state index contributed by atoms with van der Waals surface area (Å²) in [6.45, 7) is 4.83. The molecule has 0 aliphatic rings. The summed E-state index contributed by atoms with van der Waals surface area (Å²) >= 11 is 7.40. The van der Waals surface area contributed by atoms with Crippen molar-refractivity contribution in [2.75, 3.05) is 6.54 Å². The molecule has 3 nitrogen and oxygen atoms in total. The lowest BCUT2D eigenvalue weighted by molar-refractivity contribution is -0.122. The van der Waals surface area contributed by atoms with Gasteiger partial charge in [-0.25, -0.2) is 0 Å². The molecule has 19 heavy (non-hydrogen) atoms. The van der Waals surface area contributed by atoms with E-state index in [0.717, 1.165) is 28.5 Å². The average Bonchev–Trinajstić information content (AvgIpc) is 2.81. The van der Waals surface area contributed by atoms with Gasteiger partial charge in [-0.2, -0.15) is 0 Å². The number of amides is 1. The van der Waals surface area contributed by atoms with Crippen LogP contribution in [0.5, 0.6) is 0 Å². The molecular weight excluding hydrogens is 280 g/mol. The minimum atomic E-state index is 0.0274. The first-order valence-corrected chi connectivity index (χ1v) is 8.00. The molecule has 108 valence electrons. The van der Waals surface area contributed by atoms with Crippen molar-refractivity contribution >= 4 is 28.8 Å². The summed E-state index contributed by atoms with van der Waals surface area (Å²) in [5.74, 6) is 0.662. The summed E-state index contributed by atoms with van der Waals surface area (Å²) < 4.78 is 0.755. The molecule has 2 unspecified atom stereocenters. The molecule has 3 N–H and O–H groups in total. The van der Waals surface area contributed by atoms with Gasteiger partial charge in [0.05, 0.1) is 10.4 Å². The number of thiophene rings is 1. The number of hydrogen-bond donors (Lipinski definition) is 2. The highest BCUT2D eigenvalue weighted by Gasteiger charge is 2.13. The largest absolute Gasteiger partial charge is 0.349 e. The highest BCUT2D eigenvalue weighted by Crippen LogP contribution is 2.26. The zero-order valence-corrected chi connectivity index (χ0v) is 13.2. The van der Waals surface area contributed by atoms with Crippen LogP contribution in [0.4, 0.5) is 0 Å². The minimum Gasteiger partial charge on any atom is -0.349 e. The quantitative estimate of drug-likeness (QED) is 0.768. The summed E-state index contributed by atoms with van der Waals surface area (Å²) in [5, 5.41) is 3.01. The van der Waals surface area contributed by atoms with E-state index in [1.54, 1.807) is 0 Å². The molecule has 0 bridgehead atoms. The predicted octanol–water partition coefficient (Wildman–Crippen LogP) is 3.73. The lowest BCUT2D eigenvalue weighted by Gasteiger charge is -2.15. The van der Waals surface area contributed by atoms with E-state index in [2.05, 4.69) is 12.2 Å². The fourth-order valence-corrected chi connectivity index (χ4v) is 3.13. The van der Waals surface area contributed by atoms with E-state index < -0.39 is 0 Å².